The van der Waals surface area contributed by atoms with Gasteiger partial charge in [-0.1, -0.05) is 11.6 Å². The van der Waals surface area contributed by atoms with Crippen molar-refractivity contribution in [3.8, 4) is 0 Å². The Balaban J connectivity index is 2.23. The Morgan fingerprint density at radius 2 is 2.32 bits per heavy atom. The summed E-state index contributed by atoms with van der Waals surface area (Å²) in [6.07, 6.45) is 2.16. The second-order valence-electron chi connectivity index (χ2n) is 4.38. The van der Waals surface area contributed by atoms with E-state index in [0.717, 1.165) is 18.7 Å². The first kappa shape index (κ1) is 13.7. The number of aromatic nitrogens is 1. The van der Waals surface area contributed by atoms with E-state index in [4.69, 9.17) is 16.7 Å². The lowest BCUT2D eigenvalue weighted by molar-refractivity contribution is -0.137. The maximum atomic E-state index is 13.1. The highest BCUT2D eigenvalue weighted by Gasteiger charge is 2.32. The fraction of sp³-hybridized carbons (Fsp3) is 0.417. The largest absolute Gasteiger partial charge is 0.481 e. The van der Waals surface area contributed by atoms with Crippen LogP contribution in [0.2, 0.25) is 5.15 Å². The van der Waals surface area contributed by atoms with Crippen LogP contribution in [0.15, 0.2) is 12.3 Å². The van der Waals surface area contributed by atoms with E-state index in [9.17, 15) is 14.0 Å². The van der Waals surface area contributed by atoms with Crippen LogP contribution in [0.4, 0.5) is 4.39 Å². The molecule has 5 nitrogen and oxygen atoms in total. The van der Waals surface area contributed by atoms with Crippen molar-refractivity contribution in [3.05, 3.63) is 28.8 Å². The summed E-state index contributed by atoms with van der Waals surface area (Å²) in [7, 11) is 0. The number of hydrogen-bond donors (Lipinski definition) is 1. The lowest BCUT2D eigenvalue weighted by Gasteiger charge is -2.23. The minimum atomic E-state index is -0.965. The van der Waals surface area contributed by atoms with E-state index in [-0.39, 0.29) is 23.2 Å². The van der Waals surface area contributed by atoms with E-state index in [1.54, 1.807) is 0 Å². The molecule has 0 saturated carbocycles. The summed E-state index contributed by atoms with van der Waals surface area (Å²) in [6.45, 7) is 0.448. The zero-order valence-electron chi connectivity index (χ0n) is 9.97. The van der Waals surface area contributed by atoms with Crippen LogP contribution in [-0.2, 0) is 4.79 Å². The Kier molecular flexibility index (Phi) is 3.99. The van der Waals surface area contributed by atoms with Gasteiger partial charge in [-0.15, -0.1) is 0 Å². The number of amides is 1. The van der Waals surface area contributed by atoms with Gasteiger partial charge in [0.2, 0.25) is 0 Å². The monoisotopic (exact) mass is 286 g/mol. The molecule has 102 valence electrons. The van der Waals surface area contributed by atoms with E-state index in [1.165, 1.54) is 4.90 Å². The predicted molar refractivity (Wildman–Crippen MR) is 65.5 cm³/mol. The Bertz CT molecular complexity index is 524. The number of rotatable bonds is 3. The number of hydrogen-bond acceptors (Lipinski definition) is 3. The van der Waals surface area contributed by atoms with Crippen LogP contribution in [0.25, 0.3) is 0 Å². The summed E-state index contributed by atoms with van der Waals surface area (Å²) in [6, 6.07) is 0.651. The first-order chi connectivity index (χ1) is 8.99. The summed E-state index contributed by atoms with van der Waals surface area (Å²) in [5.41, 5.74) is -0.0287. The zero-order chi connectivity index (χ0) is 14.0. The molecule has 1 saturated heterocycles. The van der Waals surface area contributed by atoms with Crippen LogP contribution in [0, 0.1) is 5.82 Å². The molecule has 0 spiro atoms. The van der Waals surface area contributed by atoms with Gasteiger partial charge in [0.25, 0.3) is 5.91 Å². The third-order valence-corrected chi connectivity index (χ3v) is 3.39. The summed E-state index contributed by atoms with van der Waals surface area (Å²) in [4.78, 5) is 28.0. The van der Waals surface area contributed by atoms with Gasteiger partial charge in [0.1, 0.15) is 11.0 Å². The molecule has 1 amide bonds. The SMILES string of the molecule is O=C(O)CC1CCCN1C(=O)c1cc(F)cnc1Cl. The molecule has 19 heavy (non-hydrogen) atoms. The number of aliphatic carboxylic acids is 1. The van der Waals surface area contributed by atoms with Gasteiger partial charge in [-0.05, 0) is 18.9 Å². The van der Waals surface area contributed by atoms with Gasteiger partial charge in [0.05, 0.1) is 18.2 Å². The Morgan fingerprint density at radius 1 is 1.58 bits per heavy atom. The minimum Gasteiger partial charge on any atom is -0.481 e. The summed E-state index contributed by atoms with van der Waals surface area (Å²) in [5, 5.41) is 8.73. The first-order valence-electron chi connectivity index (χ1n) is 5.83. The lowest BCUT2D eigenvalue weighted by atomic mass is 10.1. The van der Waals surface area contributed by atoms with Crippen molar-refractivity contribution in [1.82, 2.24) is 9.88 Å². The molecule has 7 heteroatoms. The van der Waals surface area contributed by atoms with Crippen LogP contribution in [0.1, 0.15) is 29.6 Å². The average molecular weight is 287 g/mol. The van der Waals surface area contributed by atoms with Gasteiger partial charge in [0.15, 0.2) is 0 Å². The second-order valence-corrected chi connectivity index (χ2v) is 4.74. The van der Waals surface area contributed by atoms with Crippen molar-refractivity contribution in [2.75, 3.05) is 6.54 Å². The molecule has 0 aliphatic carbocycles. The number of carbonyl (C=O) groups excluding carboxylic acids is 1. The summed E-state index contributed by atoms with van der Waals surface area (Å²) < 4.78 is 13.1. The normalized spacial score (nSPS) is 18.6. The first-order valence-corrected chi connectivity index (χ1v) is 6.20. The van der Waals surface area contributed by atoms with Crippen LogP contribution in [0.3, 0.4) is 0 Å². The smallest absolute Gasteiger partial charge is 0.305 e. The Morgan fingerprint density at radius 3 is 3.00 bits per heavy atom. The van der Waals surface area contributed by atoms with E-state index in [0.29, 0.717) is 13.0 Å². The number of carboxylic acids is 1. The maximum Gasteiger partial charge on any atom is 0.305 e. The van der Waals surface area contributed by atoms with Gasteiger partial charge < -0.3 is 10.0 Å². The number of carbonyl (C=O) groups is 2. The molecule has 1 aromatic heterocycles. The fourth-order valence-electron chi connectivity index (χ4n) is 2.24. The van der Waals surface area contributed by atoms with Crippen molar-refractivity contribution < 1.29 is 19.1 Å². The average Bonchev–Trinajstić information content (AvgIpc) is 2.78. The molecule has 2 rings (SSSR count). The van der Waals surface area contributed by atoms with Crippen molar-refractivity contribution in [3.63, 3.8) is 0 Å². The highest BCUT2D eigenvalue weighted by atomic mass is 35.5. The third-order valence-electron chi connectivity index (χ3n) is 3.08. The molecular formula is C12H12ClFN2O3. The molecule has 1 aliphatic heterocycles. The highest BCUT2D eigenvalue weighted by molar-refractivity contribution is 6.32. The van der Waals surface area contributed by atoms with Gasteiger partial charge in [-0.2, -0.15) is 0 Å². The van der Waals surface area contributed by atoms with Crippen molar-refractivity contribution in [2.24, 2.45) is 0 Å². The van der Waals surface area contributed by atoms with Crippen LogP contribution in [0.5, 0.6) is 0 Å². The molecule has 1 aliphatic rings. The lowest BCUT2D eigenvalue weighted by Crippen LogP contribution is -2.37. The number of carboxylic acid groups (broad SMARTS) is 1. The van der Waals surface area contributed by atoms with Gasteiger partial charge >= 0.3 is 5.97 Å². The number of nitrogens with zero attached hydrogens (tertiary/aromatic N) is 2. The number of pyridine rings is 1. The molecule has 2 heterocycles. The topological polar surface area (TPSA) is 70.5 Å². The standard InChI is InChI=1S/C12H12ClFN2O3/c13-11-9(4-7(14)6-15-11)12(19)16-3-1-2-8(16)5-10(17)18/h4,6,8H,1-3,5H2,(H,17,18). The fourth-order valence-corrected chi connectivity index (χ4v) is 2.43. The van der Waals surface area contributed by atoms with Crippen molar-refractivity contribution in [1.29, 1.82) is 0 Å². The molecule has 1 atom stereocenters. The summed E-state index contributed by atoms with van der Waals surface area (Å²) in [5.74, 6) is -2.09. The number of likely N-dealkylation sites (tertiary alicyclic amines) is 1. The van der Waals surface area contributed by atoms with E-state index in [1.807, 2.05) is 0 Å². The van der Waals surface area contributed by atoms with Crippen LogP contribution in [-0.4, -0.2) is 39.5 Å². The van der Waals surface area contributed by atoms with Crippen molar-refractivity contribution >= 4 is 23.5 Å². The molecule has 0 radical (unpaired) electrons. The Labute approximate surface area is 114 Å². The third kappa shape index (κ3) is 3.01. The maximum absolute atomic E-state index is 13.1. The molecule has 0 aromatic carbocycles. The predicted octanol–water partition coefficient (Wildman–Crippen LogP) is 1.95. The quantitative estimate of drug-likeness (QED) is 0.862. The molecule has 0 bridgehead atoms. The molecule has 1 N–H and O–H groups in total. The second kappa shape index (κ2) is 5.52. The van der Waals surface area contributed by atoms with E-state index >= 15 is 0 Å². The highest BCUT2D eigenvalue weighted by Crippen LogP contribution is 2.25. The van der Waals surface area contributed by atoms with Gasteiger partial charge in [-0.25, -0.2) is 9.37 Å². The molecule has 1 unspecified atom stereocenters. The van der Waals surface area contributed by atoms with E-state index < -0.39 is 17.7 Å². The van der Waals surface area contributed by atoms with Gasteiger partial charge in [-0.3, -0.25) is 9.59 Å². The molecular weight excluding hydrogens is 275 g/mol. The molecule has 1 aromatic rings. The molecule has 1 fully saturated rings. The number of halogens is 2. The zero-order valence-corrected chi connectivity index (χ0v) is 10.7. The summed E-state index contributed by atoms with van der Waals surface area (Å²) >= 11 is 5.78. The van der Waals surface area contributed by atoms with Gasteiger partial charge in [0, 0.05) is 12.6 Å². The van der Waals surface area contributed by atoms with Crippen LogP contribution >= 0.6 is 11.6 Å². The van der Waals surface area contributed by atoms with E-state index in [2.05, 4.69) is 4.98 Å². The minimum absolute atomic E-state index is 0.0287. The van der Waals surface area contributed by atoms with Crippen LogP contribution < -0.4 is 0 Å². The van der Waals surface area contributed by atoms with Crippen molar-refractivity contribution in [2.45, 2.75) is 25.3 Å². The Hall–Kier alpha value is -1.69.